The van der Waals surface area contributed by atoms with Gasteiger partial charge in [-0.25, -0.2) is 0 Å². The molecule has 0 radical (unpaired) electrons. The fourth-order valence-electron chi connectivity index (χ4n) is 2.32. The van der Waals surface area contributed by atoms with E-state index in [2.05, 4.69) is 5.32 Å². The molecule has 0 bridgehead atoms. The summed E-state index contributed by atoms with van der Waals surface area (Å²) in [7, 11) is 0. The van der Waals surface area contributed by atoms with Gasteiger partial charge in [-0.1, -0.05) is 25.1 Å². The molecule has 1 atom stereocenters. The molecule has 4 nitrogen and oxygen atoms in total. The van der Waals surface area contributed by atoms with Crippen LogP contribution < -0.4 is 14.8 Å². The third-order valence-electron chi connectivity index (χ3n) is 3.40. The van der Waals surface area contributed by atoms with Crippen molar-refractivity contribution in [3.63, 3.8) is 0 Å². The highest BCUT2D eigenvalue weighted by Gasteiger charge is 2.18. The summed E-state index contributed by atoms with van der Waals surface area (Å²) in [4.78, 5) is 12.5. The molecule has 0 aliphatic rings. The van der Waals surface area contributed by atoms with E-state index in [1.165, 1.54) is 0 Å². The topological polar surface area (TPSA) is 47.6 Å². The zero-order valence-electron chi connectivity index (χ0n) is 14.7. The summed E-state index contributed by atoms with van der Waals surface area (Å²) in [5.41, 5.74) is 1.80. The van der Waals surface area contributed by atoms with Crippen LogP contribution in [0.5, 0.6) is 11.5 Å². The van der Waals surface area contributed by atoms with Crippen LogP contribution >= 0.6 is 0 Å². The van der Waals surface area contributed by atoms with E-state index in [0.717, 1.165) is 11.3 Å². The number of anilines is 1. The van der Waals surface area contributed by atoms with Gasteiger partial charge in [0.05, 0.1) is 6.10 Å². The highest BCUT2D eigenvalue weighted by molar-refractivity contribution is 5.94. The summed E-state index contributed by atoms with van der Waals surface area (Å²) in [6.45, 7) is 7.86. The molecule has 0 spiro atoms. The molecule has 0 saturated heterocycles. The lowest BCUT2D eigenvalue weighted by molar-refractivity contribution is -0.122. The standard InChI is InChI=1S/C20H25NO3/c1-5-19(24-17-10-6-8-15(4)12-17)20(22)21-16-9-7-11-18(13-16)23-14(2)3/h6-14,19H,5H2,1-4H3,(H,21,22)/t19-/m0/s1. The Morgan fingerprint density at radius 2 is 1.71 bits per heavy atom. The number of nitrogens with one attached hydrogen (secondary N) is 1. The molecule has 0 heterocycles. The Kier molecular flexibility index (Phi) is 6.24. The minimum Gasteiger partial charge on any atom is -0.491 e. The monoisotopic (exact) mass is 327 g/mol. The van der Waals surface area contributed by atoms with Crippen LogP contribution in [0, 0.1) is 6.92 Å². The van der Waals surface area contributed by atoms with Gasteiger partial charge in [0.25, 0.3) is 5.91 Å². The molecule has 2 rings (SSSR count). The van der Waals surface area contributed by atoms with Crippen molar-refractivity contribution < 1.29 is 14.3 Å². The quantitative estimate of drug-likeness (QED) is 0.810. The number of carbonyl (C=O) groups excluding carboxylic acids is 1. The van der Waals surface area contributed by atoms with E-state index in [0.29, 0.717) is 17.9 Å². The van der Waals surface area contributed by atoms with E-state index in [-0.39, 0.29) is 12.0 Å². The second kappa shape index (κ2) is 8.39. The number of hydrogen-bond acceptors (Lipinski definition) is 3. The molecule has 24 heavy (non-hydrogen) atoms. The van der Waals surface area contributed by atoms with Gasteiger partial charge in [0.2, 0.25) is 0 Å². The number of amides is 1. The Morgan fingerprint density at radius 1 is 1.04 bits per heavy atom. The van der Waals surface area contributed by atoms with Gasteiger partial charge < -0.3 is 14.8 Å². The Balaban J connectivity index is 2.04. The van der Waals surface area contributed by atoms with Crippen molar-refractivity contribution in [3.05, 3.63) is 54.1 Å². The number of aryl methyl sites for hydroxylation is 1. The highest BCUT2D eigenvalue weighted by atomic mass is 16.5. The van der Waals surface area contributed by atoms with E-state index in [4.69, 9.17) is 9.47 Å². The molecule has 4 heteroatoms. The van der Waals surface area contributed by atoms with Crippen molar-refractivity contribution in [1.29, 1.82) is 0 Å². The smallest absolute Gasteiger partial charge is 0.265 e. The number of rotatable bonds is 7. The maximum Gasteiger partial charge on any atom is 0.265 e. The first-order valence-electron chi connectivity index (χ1n) is 8.29. The second-order valence-electron chi connectivity index (χ2n) is 6.01. The van der Waals surface area contributed by atoms with Gasteiger partial charge >= 0.3 is 0 Å². The molecule has 1 amide bonds. The SMILES string of the molecule is CC[C@H](Oc1cccc(C)c1)C(=O)Nc1cccc(OC(C)C)c1. The van der Waals surface area contributed by atoms with Gasteiger partial charge in [-0.15, -0.1) is 0 Å². The molecule has 0 aliphatic heterocycles. The van der Waals surface area contributed by atoms with Crippen LogP contribution in [0.3, 0.4) is 0 Å². The van der Waals surface area contributed by atoms with Crippen LogP contribution in [-0.2, 0) is 4.79 Å². The van der Waals surface area contributed by atoms with Crippen molar-refractivity contribution in [2.45, 2.75) is 46.3 Å². The van der Waals surface area contributed by atoms with E-state index in [1.807, 2.05) is 76.2 Å². The van der Waals surface area contributed by atoms with Crippen molar-refractivity contribution >= 4 is 11.6 Å². The Bertz CT molecular complexity index is 682. The Labute approximate surface area is 143 Å². The summed E-state index contributed by atoms with van der Waals surface area (Å²) in [5.74, 6) is 1.27. The summed E-state index contributed by atoms with van der Waals surface area (Å²) in [6, 6.07) is 15.1. The molecule has 0 aromatic heterocycles. The van der Waals surface area contributed by atoms with Crippen molar-refractivity contribution in [2.24, 2.45) is 0 Å². The predicted molar refractivity (Wildman–Crippen MR) is 96.7 cm³/mol. The maximum absolute atomic E-state index is 12.5. The Hall–Kier alpha value is -2.49. The first kappa shape index (κ1) is 17.9. The molecule has 0 saturated carbocycles. The lowest BCUT2D eigenvalue weighted by Gasteiger charge is -2.18. The second-order valence-corrected chi connectivity index (χ2v) is 6.01. The van der Waals surface area contributed by atoms with E-state index in [1.54, 1.807) is 0 Å². The van der Waals surface area contributed by atoms with Gasteiger partial charge in [0.1, 0.15) is 11.5 Å². The summed E-state index contributed by atoms with van der Waals surface area (Å²) in [5, 5.41) is 2.90. The summed E-state index contributed by atoms with van der Waals surface area (Å²) < 4.78 is 11.5. The van der Waals surface area contributed by atoms with Crippen LogP contribution in [0.4, 0.5) is 5.69 Å². The van der Waals surface area contributed by atoms with E-state index in [9.17, 15) is 4.79 Å². The zero-order valence-corrected chi connectivity index (χ0v) is 14.7. The van der Waals surface area contributed by atoms with Gasteiger partial charge in [0.15, 0.2) is 6.10 Å². The van der Waals surface area contributed by atoms with Crippen molar-refractivity contribution in [1.82, 2.24) is 0 Å². The highest BCUT2D eigenvalue weighted by Crippen LogP contribution is 2.20. The van der Waals surface area contributed by atoms with Crippen LogP contribution in [0.15, 0.2) is 48.5 Å². The van der Waals surface area contributed by atoms with Crippen LogP contribution in [-0.4, -0.2) is 18.1 Å². The molecule has 0 fully saturated rings. The number of benzene rings is 2. The molecule has 2 aromatic rings. The molecule has 1 N–H and O–H groups in total. The maximum atomic E-state index is 12.5. The minimum absolute atomic E-state index is 0.0870. The van der Waals surface area contributed by atoms with Crippen molar-refractivity contribution in [3.8, 4) is 11.5 Å². The van der Waals surface area contributed by atoms with E-state index >= 15 is 0 Å². The zero-order chi connectivity index (χ0) is 17.5. The molecular formula is C20H25NO3. The van der Waals surface area contributed by atoms with Gasteiger partial charge in [-0.05, 0) is 57.0 Å². The molecule has 2 aromatic carbocycles. The lowest BCUT2D eigenvalue weighted by atomic mass is 10.2. The van der Waals surface area contributed by atoms with Crippen LogP contribution in [0.2, 0.25) is 0 Å². The third-order valence-corrected chi connectivity index (χ3v) is 3.40. The van der Waals surface area contributed by atoms with Crippen LogP contribution in [0.25, 0.3) is 0 Å². The average Bonchev–Trinajstić information content (AvgIpc) is 2.52. The normalized spacial score (nSPS) is 11.9. The average molecular weight is 327 g/mol. The Morgan fingerprint density at radius 3 is 2.33 bits per heavy atom. The fourth-order valence-corrected chi connectivity index (χ4v) is 2.32. The largest absolute Gasteiger partial charge is 0.491 e. The molecular weight excluding hydrogens is 302 g/mol. The third kappa shape index (κ3) is 5.30. The first-order chi connectivity index (χ1) is 11.5. The first-order valence-corrected chi connectivity index (χ1v) is 8.29. The minimum atomic E-state index is -0.540. The number of carbonyl (C=O) groups is 1. The fraction of sp³-hybridized carbons (Fsp3) is 0.350. The summed E-state index contributed by atoms with van der Waals surface area (Å²) in [6.07, 6.45) is 0.132. The van der Waals surface area contributed by atoms with Crippen molar-refractivity contribution in [2.75, 3.05) is 5.32 Å². The molecule has 0 aliphatic carbocycles. The van der Waals surface area contributed by atoms with Gasteiger partial charge in [0, 0.05) is 11.8 Å². The lowest BCUT2D eigenvalue weighted by Crippen LogP contribution is -2.32. The van der Waals surface area contributed by atoms with Gasteiger partial charge in [-0.2, -0.15) is 0 Å². The molecule has 0 unspecified atom stereocenters. The van der Waals surface area contributed by atoms with Gasteiger partial charge in [-0.3, -0.25) is 4.79 Å². The van der Waals surface area contributed by atoms with Crippen LogP contribution in [0.1, 0.15) is 32.8 Å². The summed E-state index contributed by atoms with van der Waals surface area (Å²) >= 11 is 0. The molecule has 128 valence electrons. The predicted octanol–water partition coefficient (Wildman–Crippen LogP) is 4.58. The van der Waals surface area contributed by atoms with E-state index < -0.39 is 6.10 Å². The number of hydrogen-bond donors (Lipinski definition) is 1. The number of ether oxygens (including phenoxy) is 2.